The van der Waals surface area contributed by atoms with Crippen molar-refractivity contribution in [3.63, 3.8) is 0 Å². The van der Waals surface area contributed by atoms with Crippen LogP contribution in [-0.2, 0) is 0 Å². The minimum atomic E-state index is 0.757. The van der Waals surface area contributed by atoms with E-state index in [1.807, 2.05) is 0 Å². The average Bonchev–Trinajstić information content (AvgIpc) is 3.12. The van der Waals surface area contributed by atoms with Crippen molar-refractivity contribution in [1.29, 1.82) is 0 Å². The molecule has 0 aromatic rings. The van der Waals surface area contributed by atoms with Crippen LogP contribution in [0.4, 0.5) is 0 Å². The SMILES string of the molecule is CCNC(CCC1CC1)C1CSC(C)C(C)S1. The van der Waals surface area contributed by atoms with E-state index in [0.717, 1.165) is 34.3 Å². The first-order chi connectivity index (χ1) is 8.20. The second kappa shape index (κ2) is 6.72. The molecule has 3 heteroatoms. The fourth-order valence-corrected chi connectivity index (χ4v) is 5.69. The summed E-state index contributed by atoms with van der Waals surface area (Å²) in [5, 5.41) is 6.23. The Hall–Kier alpha value is 0.660. The van der Waals surface area contributed by atoms with E-state index < -0.39 is 0 Å². The van der Waals surface area contributed by atoms with Crippen molar-refractivity contribution in [2.45, 2.75) is 68.2 Å². The third-order valence-electron chi connectivity index (χ3n) is 4.07. The molecule has 0 radical (unpaired) electrons. The van der Waals surface area contributed by atoms with Crippen LogP contribution in [0.2, 0.25) is 0 Å². The Bertz CT molecular complexity index is 230. The second-order valence-corrected chi connectivity index (χ2v) is 8.63. The molecule has 0 aromatic carbocycles. The number of rotatable bonds is 6. The minimum Gasteiger partial charge on any atom is -0.313 e. The number of nitrogens with one attached hydrogen (secondary N) is 1. The molecule has 1 saturated heterocycles. The van der Waals surface area contributed by atoms with Gasteiger partial charge in [-0.2, -0.15) is 23.5 Å². The third-order valence-corrected chi connectivity index (χ3v) is 7.62. The van der Waals surface area contributed by atoms with Gasteiger partial charge in [0.15, 0.2) is 0 Å². The van der Waals surface area contributed by atoms with Crippen LogP contribution in [-0.4, -0.2) is 34.1 Å². The molecule has 17 heavy (non-hydrogen) atoms. The molecule has 1 N–H and O–H groups in total. The maximum Gasteiger partial charge on any atom is 0.0294 e. The van der Waals surface area contributed by atoms with Gasteiger partial charge in [-0.1, -0.05) is 33.6 Å². The van der Waals surface area contributed by atoms with Gasteiger partial charge in [0.2, 0.25) is 0 Å². The van der Waals surface area contributed by atoms with Crippen LogP contribution < -0.4 is 5.32 Å². The lowest BCUT2D eigenvalue weighted by molar-refractivity contribution is 0.462. The van der Waals surface area contributed by atoms with Crippen molar-refractivity contribution >= 4 is 23.5 Å². The fraction of sp³-hybridized carbons (Fsp3) is 1.00. The van der Waals surface area contributed by atoms with E-state index in [9.17, 15) is 0 Å². The highest BCUT2D eigenvalue weighted by atomic mass is 32.2. The van der Waals surface area contributed by atoms with Gasteiger partial charge in [-0.05, 0) is 25.3 Å². The van der Waals surface area contributed by atoms with E-state index in [4.69, 9.17) is 0 Å². The summed E-state index contributed by atoms with van der Waals surface area (Å²) in [6.07, 6.45) is 5.86. The summed E-state index contributed by atoms with van der Waals surface area (Å²) in [5.41, 5.74) is 0. The first kappa shape index (κ1) is 14.1. The van der Waals surface area contributed by atoms with Gasteiger partial charge in [0.05, 0.1) is 0 Å². The largest absolute Gasteiger partial charge is 0.313 e. The van der Waals surface area contributed by atoms with Gasteiger partial charge in [0.25, 0.3) is 0 Å². The number of hydrogen-bond acceptors (Lipinski definition) is 3. The Kier molecular flexibility index (Phi) is 5.56. The molecule has 2 rings (SSSR count). The van der Waals surface area contributed by atoms with Crippen LogP contribution in [0.25, 0.3) is 0 Å². The molecule has 0 bridgehead atoms. The van der Waals surface area contributed by atoms with Crippen molar-refractivity contribution in [3.8, 4) is 0 Å². The third kappa shape index (κ3) is 4.36. The Labute approximate surface area is 115 Å². The summed E-state index contributed by atoms with van der Waals surface area (Å²) in [5.74, 6) is 2.42. The number of hydrogen-bond donors (Lipinski definition) is 1. The van der Waals surface area contributed by atoms with Gasteiger partial charge < -0.3 is 5.32 Å². The lowest BCUT2D eigenvalue weighted by atomic mass is 10.1. The van der Waals surface area contributed by atoms with E-state index in [1.165, 1.54) is 31.4 Å². The molecule has 100 valence electrons. The van der Waals surface area contributed by atoms with Gasteiger partial charge >= 0.3 is 0 Å². The van der Waals surface area contributed by atoms with Crippen molar-refractivity contribution in [2.75, 3.05) is 12.3 Å². The molecule has 4 unspecified atom stereocenters. The normalized spacial score (nSPS) is 35.8. The van der Waals surface area contributed by atoms with E-state index >= 15 is 0 Å². The average molecular weight is 274 g/mol. The molecule has 1 saturated carbocycles. The molecule has 2 aliphatic rings. The highest BCUT2D eigenvalue weighted by Gasteiger charge is 2.32. The standard InChI is InChI=1S/C14H27NS2/c1-4-15-13(8-7-12-5-6-12)14-9-16-10(2)11(3)17-14/h10-15H,4-9H2,1-3H3. The van der Waals surface area contributed by atoms with Gasteiger partial charge in [-0.15, -0.1) is 0 Å². The summed E-state index contributed by atoms with van der Waals surface area (Å²) in [6.45, 7) is 8.15. The summed E-state index contributed by atoms with van der Waals surface area (Å²) >= 11 is 4.41. The molecule has 1 aliphatic heterocycles. The summed E-state index contributed by atoms with van der Waals surface area (Å²) in [4.78, 5) is 0. The van der Waals surface area contributed by atoms with Crippen molar-refractivity contribution in [1.82, 2.24) is 5.32 Å². The summed E-state index contributed by atoms with van der Waals surface area (Å²) in [7, 11) is 0. The van der Waals surface area contributed by atoms with E-state index in [-0.39, 0.29) is 0 Å². The molecule has 1 aliphatic carbocycles. The molecule has 1 nitrogen and oxygen atoms in total. The minimum absolute atomic E-state index is 0.757. The Morgan fingerprint density at radius 2 is 2.00 bits per heavy atom. The first-order valence-corrected chi connectivity index (χ1v) is 9.20. The predicted molar refractivity (Wildman–Crippen MR) is 82.2 cm³/mol. The molecular formula is C14H27NS2. The smallest absolute Gasteiger partial charge is 0.0294 e. The molecular weight excluding hydrogens is 246 g/mol. The second-order valence-electron chi connectivity index (χ2n) is 5.60. The van der Waals surface area contributed by atoms with Crippen LogP contribution >= 0.6 is 23.5 Å². The molecule has 2 fully saturated rings. The highest BCUT2D eigenvalue weighted by Crippen LogP contribution is 2.39. The summed E-state index contributed by atoms with van der Waals surface area (Å²) in [6, 6.07) is 0.757. The van der Waals surface area contributed by atoms with Crippen molar-refractivity contribution in [2.24, 2.45) is 5.92 Å². The summed E-state index contributed by atoms with van der Waals surface area (Å²) < 4.78 is 0. The van der Waals surface area contributed by atoms with Gasteiger partial charge in [0, 0.05) is 27.5 Å². The lowest BCUT2D eigenvalue weighted by Crippen LogP contribution is -2.43. The monoisotopic (exact) mass is 273 g/mol. The fourth-order valence-electron chi connectivity index (χ4n) is 2.52. The van der Waals surface area contributed by atoms with Gasteiger partial charge in [0.1, 0.15) is 0 Å². The Balaban J connectivity index is 1.80. The Morgan fingerprint density at radius 1 is 1.24 bits per heavy atom. The predicted octanol–water partition coefficient (Wildman–Crippen LogP) is 3.78. The molecule has 4 atom stereocenters. The quantitative estimate of drug-likeness (QED) is 0.791. The zero-order chi connectivity index (χ0) is 12.3. The van der Waals surface area contributed by atoms with Crippen LogP contribution in [0.15, 0.2) is 0 Å². The van der Waals surface area contributed by atoms with Crippen LogP contribution in [0, 0.1) is 5.92 Å². The molecule has 0 amide bonds. The lowest BCUT2D eigenvalue weighted by Gasteiger charge is -2.36. The molecule has 0 spiro atoms. The molecule has 1 heterocycles. The molecule has 0 aromatic heterocycles. The van der Waals surface area contributed by atoms with Crippen LogP contribution in [0.3, 0.4) is 0 Å². The zero-order valence-corrected chi connectivity index (χ0v) is 13.1. The van der Waals surface area contributed by atoms with Gasteiger partial charge in [-0.25, -0.2) is 0 Å². The maximum atomic E-state index is 3.74. The maximum absolute atomic E-state index is 3.74. The topological polar surface area (TPSA) is 12.0 Å². The number of thioether (sulfide) groups is 2. The van der Waals surface area contributed by atoms with Crippen LogP contribution in [0.5, 0.6) is 0 Å². The van der Waals surface area contributed by atoms with E-state index in [0.29, 0.717) is 0 Å². The Morgan fingerprint density at radius 3 is 2.59 bits per heavy atom. The van der Waals surface area contributed by atoms with Crippen molar-refractivity contribution in [3.05, 3.63) is 0 Å². The zero-order valence-electron chi connectivity index (χ0n) is 11.4. The van der Waals surface area contributed by atoms with Crippen LogP contribution in [0.1, 0.15) is 46.5 Å². The highest BCUT2D eigenvalue weighted by molar-refractivity contribution is 8.07. The first-order valence-electron chi connectivity index (χ1n) is 7.21. The van der Waals surface area contributed by atoms with E-state index in [1.54, 1.807) is 0 Å². The van der Waals surface area contributed by atoms with Crippen molar-refractivity contribution < 1.29 is 0 Å². The van der Waals surface area contributed by atoms with Gasteiger partial charge in [-0.3, -0.25) is 0 Å². The van der Waals surface area contributed by atoms with E-state index in [2.05, 4.69) is 49.6 Å².